The topological polar surface area (TPSA) is 47.6 Å². The molecule has 4 nitrogen and oxygen atoms in total. The molecule has 1 aliphatic heterocycles. The predicted molar refractivity (Wildman–Crippen MR) is 82.4 cm³/mol. The number of aryl methyl sites for hydroxylation is 1. The van der Waals surface area contributed by atoms with Crippen LogP contribution >= 0.6 is 0 Å². The van der Waals surface area contributed by atoms with Gasteiger partial charge in [-0.05, 0) is 62.9 Å². The number of rotatable bonds is 7. The van der Waals surface area contributed by atoms with Gasteiger partial charge < -0.3 is 14.8 Å². The number of benzene rings is 1. The molecule has 1 N–H and O–H groups in total. The van der Waals surface area contributed by atoms with Gasteiger partial charge in [0.05, 0.1) is 13.2 Å². The molecule has 1 aliphatic rings. The molecule has 2 rings (SSSR count). The van der Waals surface area contributed by atoms with Crippen LogP contribution in [0.2, 0.25) is 0 Å². The van der Waals surface area contributed by atoms with Crippen molar-refractivity contribution in [1.29, 1.82) is 0 Å². The second kappa shape index (κ2) is 8.73. The number of hydrogen-bond acceptors (Lipinski definition) is 4. The van der Waals surface area contributed by atoms with E-state index in [2.05, 4.69) is 5.32 Å². The first-order chi connectivity index (χ1) is 10.7. The van der Waals surface area contributed by atoms with E-state index in [0.717, 1.165) is 31.5 Å². The molecule has 0 unspecified atom stereocenters. The van der Waals surface area contributed by atoms with Gasteiger partial charge in [0.1, 0.15) is 0 Å². The molecule has 1 saturated heterocycles. The van der Waals surface area contributed by atoms with Gasteiger partial charge >= 0.3 is 5.97 Å². The van der Waals surface area contributed by atoms with Crippen molar-refractivity contribution in [2.24, 2.45) is 5.92 Å². The number of carbonyl (C=O) groups is 1. The average Bonchev–Trinajstić information content (AvgIpc) is 2.53. The van der Waals surface area contributed by atoms with Crippen LogP contribution in [0.4, 0.5) is 4.39 Å². The molecule has 0 aliphatic carbocycles. The molecule has 1 fully saturated rings. The minimum Gasteiger partial charge on any atom is -0.490 e. The third-order valence-electron chi connectivity index (χ3n) is 3.85. The Labute approximate surface area is 131 Å². The summed E-state index contributed by atoms with van der Waals surface area (Å²) in [5, 5.41) is 3.30. The SMILES string of the molecule is CCOC(=O)CCc1ccc(OCC2CCNCC2)c(F)c1. The monoisotopic (exact) mass is 309 g/mol. The van der Waals surface area contributed by atoms with Crippen LogP contribution in [-0.4, -0.2) is 32.3 Å². The summed E-state index contributed by atoms with van der Waals surface area (Å²) in [5.41, 5.74) is 0.778. The zero-order chi connectivity index (χ0) is 15.8. The number of ether oxygens (including phenoxy) is 2. The Morgan fingerprint density at radius 2 is 2.14 bits per heavy atom. The molecular formula is C17H24FNO3. The minimum atomic E-state index is -0.365. The quantitative estimate of drug-likeness (QED) is 0.787. The van der Waals surface area contributed by atoms with Crippen molar-refractivity contribution in [3.63, 3.8) is 0 Å². The fraction of sp³-hybridized carbons (Fsp3) is 0.588. The van der Waals surface area contributed by atoms with Crippen molar-refractivity contribution in [2.75, 3.05) is 26.3 Å². The fourth-order valence-corrected chi connectivity index (χ4v) is 2.55. The van der Waals surface area contributed by atoms with E-state index < -0.39 is 0 Å². The highest BCUT2D eigenvalue weighted by Gasteiger charge is 2.15. The van der Waals surface area contributed by atoms with E-state index >= 15 is 0 Å². The molecule has 5 heteroatoms. The van der Waals surface area contributed by atoms with Crippen molar-refractivity contribution in [3.05, 3.63) is 29.6 Å². The van der Waals surface area contributed by atoms with Gasteiger partial charge in [-0.25, -0.2) is 4.39 Å². The fourth-order valence-electron chi connectivity index (χ4n) is 2.55. The van der Waals surface area contributed by atoms with Crippen LogP contribution in [0.15, 0.2) is 18.2 Å². The highest BCUT2D eigenvalue weighted by atomic mass is 19.1. The lowest BCUT2D eigenvalue weighted by Crippen LogP contribution is -2.30. The number of halogens is 1. The van der Waals surface area contributed by atoms with E-state index in [1.165, 1.54) is 6.07 Å². The van der Waals surface area contributed by atoms with Crippen molar-refractivity contribution in [3.8, 4) is 5.75 Å². The number of carbonyl (C=O) groups excluding carboxylic acids is 1. The van der Waals surface area contributed by atoms with E-state index in [0.29, 0.717) is 31.3 Å². The van der Waals surface area contributed by atoms with E-state index in [1.54, 1.807) is 19.1 Å². The van der Waals surface area contributed by atoms with E-state index in [4.69, 9.17) is 9.47 Å². The molecule has 0 atom stereocenters. The number of esters is 1. The van der Waals surface area contributed by atoms with Crippen molar-refractivity contribution < 1.29 is 18.7 Å². The number of piperidine rings is 1. The molecule has 0 spiro atoms. The highest BCUT2D eigenvalue weighted by Crippen LogP contribution is 2.21. The van der Waals surface area contributed by atoms with Crippen LogP contribution in [0.25, 0.3) is 0 Å². The van der Waals surface area contributed by atoms with Crippen LogP contribution in [0.1, 0.15) is 31.7 Å². The van der Waals surface area contributed by atoms with E-state index in [1.807, 2.05) is 0 Å². The predicted octanol–water partition coefficient (Wildman–Crippen LogP) is 2.70. The van der Waals surface area contributed by atoms with Crippen LogP contribution in [0.5, 0.6) is 5.75 Å². The third kappa shape index (κ3) is 5.30. The Hall–Kier alpha value is -1.62. The summed E-state index contributed by atoms with van der Waals surface area (Å²) in [6.45, 7) is 4.70. The lowest BCUT2D eigenvalue weighted by Gasteiger charge is -2.22. The first-order valence-corrected chi connectivity index (χ1v) is 7.96. The summed E-state index contributed by atoms with van der Waals surface area (Å²) in [4.78, 5) is 11.3. The van der Waals surface area contributed by atoms with Gasteiger partial charge in [-0.15, -0.1) is 0 Å². The van der Waals surface area contributed by atoms with Crippen LogP contribution in [0.3, 0.4) is 0 Å². The molecule has 0 aromatic heterocycles. The first-order valence-electron chi connectivity index (χ1n) is 7.96. The molecule has 122 valence electrons. The van der Waals surface area contributed by atoms with Gasteiger partial charge in [-0.3, -0.25) is 4.79 Å². The summed E-state index contributed by atoms with van der Waals surface area (Å²) in [5.74, 6) is 0.159. The Bertz CT molecular complexity index is 487. The number of nitrogens with one attached hydrogen (secondary N) is 1. The minimum absolute atomic E-state index is 0.255. The summed E-state index contributed by atoms with van der Waals surface area (Å²) in [7, 11) is 0. The summed E-state index contributed by atoms with van der Waals surface area (Å²) < 4.78 is 24.5. The van der Waals surface area contributed by atoms with Gasteiger partial charge in [0.2, 0.25) is 0 Å². The third-order valence-corrected chi connectivity index (χ3v) is 3.85. The second-order valence-electron chi connectivity index (χ2n) is 5.57. The highest BCUT2D eigenvalue weighted by molar-refractivity contribution is 5.69. The zero-order valence-corrected chi connectivity index (χ0v) is 13.1. The maximum Gasteiger partial charge on any atom is 0.306 e. The van der Waals surface area contributed by atoms with Crippen molar-refractivity contribution in [1.82, 2.24) is 5.32 Å². The molecule has 1 heterocycles. The lowest BCUT2D eigenvalue weighted by molar-refractivity contribution is -0.143. The summed E-state index contributed by atoms with van der Waals surface area (Å²) >= 11 is 0. The van der Waals surface area contributed by atoms with Gasteiger partial charge in [-0.1, -0.05) is 6.07 Å². The van der Waals surface area contributed by atoms with Gasteiger partial charge in [0.25, 0.3) is 0 Å². The average molecular weight is 309 g/mol. The zero-order valence-electron chi connectivity index (χ0n) is 13.1. The van der Waals surface area contributed by atoms with Crippen LogP contribution < -0.4 is 10.1 Å². The molecule has 1 aromatic carbocycles. The Balaban J connectivity index is 1.82. The molecular weight excluding hydrogens is 285 g/mol. The molecule has 0 radical (unpaired) electrons. The first kappa shape index (κ1) is 16.7. The van der Waals surface area contributed by atoms with Gasteiger partial charge in [-0.2, -0.15) is 0 Å². The largest absolute Gasteiger partial charge is 0.490 e. The Morgan fingerprint density at radius 1 is 1.36 bits per heavy atom. The molecule has 0 bridgehead atoms. The standard InChI is InChI=1S/C17H24FNO3/c1-2-21-17(20)6-4-13-3-5-16(15(18)11-13)22-12-14-7-9-19-10-8-14/h3,5,11,14,19H,2,4,6-10,12H2,1H3. The maximum absolute atomic E-state index is 14.0. The maximum atomic E-state index is 14.0. The van der Waals surface area contributed by atoms with E-state index in [-0.39, 0.29) is 18.2 Å². The van der Waals surface area contributed by atoms with E-state index in [9.17, 15) is 9.18 Å². The molecule has 22 heavy (non-hydrogen) atoms. The van der Waals surface area contributed by atoms with Gasteiger partial charge in [0, 0.05) is 6.42 Å². The lowest BCUT2D eigenvalue weighted by atomic mass is 9.99. The van der Waals surface area contributed by atoms with Gasteiger partial charge in [0.15, 0.2) is 11.6 Å². The van der Waals surface area contributed by atoms with Crippen LogP contribution in [-0.2, 0) is 16.0 Å². The molecule has 0 saturated carbocycles. The van der Waals surface area contributed by atoms with Crippen molar-refractivity contribution in [2.45, 2.75) is 32.6 Å². The normalized spacial score (nSPS) is 15.5. The Morgan fingerprint density at radius 3 is 2.82 bits per heavy atom. The van der Waals surface area contributed by atoms with Crippen molar-refractivity contribution >= 4 is 5.97 Å². The number of hydrogen-bond donors (Lipinski definition) is 1. The smallest absolute Gasteiger partial charge is 0.306 e. The Kier molecular flexibility index (Phi) is 6.65. The summed E-state index contributed by atoms with van der Waals surface area (Å²) in [6.07, 6.45) is 2.88. The second-order valence-corrected chi connectivity index (χ2v) is 5.57. The van der Waals surface area contributed by atoms with Crippen LogP contribution in [0, 0.1) is 11.7 Å². The molecule has 1 aromatic rings. The summed E-state index contributed by atoms with van der Waals surface area (Å²) in [6, 6.07) is 4.90. The molecule has 0 amide bonds.